The highest BCUT2D eigenvalue weighted by Crippen LogP contribution is 2.45. The molecular weight excluding hydrogens is 641 g/mol. The van der Waals surface area contributed by atoms with Crippen LogP contribution in [-0.4, -0.2) is 0 Å². The van der Waals surface area contributed by atoms with Crippen molar-refractivity contribution >= 4 is 75.4 Å². The third-order valence-corrected chi connectivity index (χ3v) is 11.6. The van der Waals surface area contributed by atoms with Gasteiger partial charge in [0.15, 0.2) is 0 Å². The fraction of sp³-hybridized carbons (Fsp3) is 0. The zero-order valence-electron chi connectivity index (χ0n) is 27.4. The van der Waals surface area contributed by atoms with Gasteiger partial charge in [0.05, 0.1) is 0 Å². The first-order chi connectivity index (χ1) is 25.2. The summed E-state index contributed by atoms with van der Waals surface area (Å²) in [5.74, 6) is 0. The van der Waals surface area contributed by atoms with Gasteiger partial charge in [-0.2, -0.15) is 0 Å². The van der Waals surface area contributed by atoms with Gasteiger partial charge in [0, 0.05) is 41.7 Å². The van der Waals surface area contributed by atoms with Crippen molar-refractivity contribution in [2.45, 2.75) is 0 Å². The van der Waals surface area contributed by atoms with Crippen LogP contribution in [0.25, 0.3) is 109 Å². The average molecular weight is 669 g/mol. The van der Waals surface area contributed by atoms with E-state index < -0.39 is 0 Å². The first kappa shape index (κ1) is 28.4. The van der Waals surface area contributed by atoms with Crippen molar-refractivity contribution in [2.24, 2.45) is 0 Å². The van der Waals surface area contributed by atoms with Gasteiger partial charge in [-0.1, -0.05) is 127 Å². The molecule has 3 heteroatoms. The van der Waals surface area contributed by atoms with Gasteiger partial charge < -0.3 is 8.83 Å². The highest BCUT2D eigenvalue weighted by Gasteiger charge is 2.16. The molecule has 11 aromatic rings. The third kappa shape index (κ3) is 4.49. The number of para-hydroxylation sites is 2. The maximum Gasteiger partial charge on any atom is 0.136 e. The van der Waals surface area contributed by atoms with Gasteiger partial charge in [-0.05, 0) is 87.0 Å². The molecule has 0 amide bonds. The molecule has 0 fully saturated rings. The number of benzene rings is 8. The lowest BCUT2D eigenvalue weighted by Gasteiger charge is -2.07. The summed E-state index contributed by atoms with van der Waals surface area (Å²) >= 11 is 1.89. The van der Waals surface area contributed by atoms with E-state index in [4.69, 9.17) is 8.83 Å². The fourth-order valence-corrected chi connectivity index (χ4v) is 9.17. The SMILES string of the molecule is c1cc(-c2ccc3c(c2)oc2ccccc23)cc(-c2cccc3c2sc2c(-c4ccc(-c5ccc6c(c5)oc5ccccc56)cc4)cccc23)c1. The predicted molar refractivity (Wildman–Crippen MR) is 216 cm³/mol. The number of furan rings is 2. The Morgan fingerprint density at radius 1 is 0.275 bits per heavy atom. The summed E-state index contributed by atoms with van der Waals surface area (Å²) in [6.07, 6.45) is 0. The van der Waals surface area contributed by atoms with Crippen molar-refractivity contribution in [2.75, 3.05) is 0 Å². The molecule has 11 rings (SSSR count). The Morgan fingerprint density at radius 2 is 0.706 bits per heavy atom. The molecule has 0 aliphatic rings. The first-order valence-electron chi connectivity index (χ1n) is 17.2. The summed E-state index contributed by atoms with van der Waals surface area (Å²) in [5, 5.41) is 7.19. The Bertz CT molecular complexity index is 3140. The van der Waals surface area contributed by atoms with Crippen molar-refractivity contribution in [1.29, 1.82) is 0 Å². The quantitative estimate of drug-likeness (QED) is 0.187. The van der Waals surface area contributed by atoms with Gasteiger partial charge in [-0.15, -0.1) is 11.3 Å². The maximum absolute atomic E-state index is 6.22. The monoisotopic (exact) mass is 668 g/mol. The summed E-state index contributed by atoms with van der Waals surface area (Å²) < 4.78 is 15.0. The van der Waals surface area contributed by atoms with Crippen LogP contribution in [0.5, 0.6) is 0 Å². The standard InChI is InChI=1S/C48H28O2S/c1-3-16-43-37(10-1)39-24-22-32(27-45(39)49-43)29-18-20-30(21-19-29)35-12-6-14-41-42-15-7-13-36(48(42)51-47(35)41)34-9-5-8-31(26-34)33-23-25-40-38-11-2-4-17-44(38)50-46(40)28-33/h1-28H. The number of hydrogen-bond donors (Lipinski definition) is 0. The number of rotatable bonds is 4. The lowest BCUT2D eigenvalue weighted by molar-refractivity contribution is 0.668. The molecule has 0 saturated carbocycles. The van der Waals surface area contributed by atoms with Crippen molar-refractivity contribution in [3.05, 3.63) is 170 Å². The van der Waals surface area contributed by atoms with E-state index in [1.807, 2.05) is 35.6 Å². The maximum atomic E-state index is 6.22. The van der Waals surface area contributed by atoms with Gasteiger partial charge in [-0.25, -0.2) is 0 Å². The number of fused-ring (bicyclic) bond motifs is 9. The first-order valence-corrected chi connectivity index (χ1v) is 18.1. The second-order valence-corrected chi connectivity index (χ2v) is 14.3. The minimum atomic E-state index is 0.915. The molecule has 51 heavy (non-hydrogen) atoms. The lowest BCUT2D eigenvalue weighted by Crippen LogP contribution is -1.82. The van der Waals surface area contributed by atoms with Crippen LogP contribution in [0.2, 0.25) is 0 Å². The minimum Gasteiger partial charge on any atom is -0.456 e. The molecule has 0 N–H and O–H groups in total. The van der Waals surface area contributed by atoms with Crippen LogP contribution >= 0.6 is 11.3 Å². The van der Waals surface area contributed by atoms with E-state index in [0.29, 0.717) is 0 Å². The van der Waals surface area contributed by atoms with Gasteiger partial charge in [0.1, 0.15) is 22.3 Å². The van der Waals surface area contributed by atoms with E-state index in [-0.39, 0.29) is 0 Å². The molecule has 0 aliphatic carbocycles. The van der Waals surface area contributed by atoms with E-state index in [9.17, 15) is 0 Å². The van der Waals surface area contributed by atoms with E-state index in [2.05, 4.69) is 146 Å². The Kier molecular flexibility index (Phi) is 6.16. The van der Waals surface area contributed by atoms with Gasteiger partial charge in [-0.3, -0.25) is 0 Å². The molecule has 0 radical (unpaired) electrons. The summed E-state index contributed by atoms with van der Waals surface area (Å²) in [5.41, 5.74) is 13.3. The van der Waals surface area contributed by atoms with E-state index >= 15 is 0 Å². The summed E-state index contributed by atoms with van der Waals surface area (Å²) in [4.78, 5) is 0. The van der Waals surface area contributed by atoms with Crippen molar-refractivity contribution in [1.82, 2.24) is 0 Å². The fourth-order valence-electron chi connectivity index (χ4n) is 7.79. The van der Waals surface area contributed by atoms with Crippen LogP contribution in [-0.2, 0) is 0 Å². The molecule has 3 aromatic heterocycles. The molecule has 0 saturated heterocycles. The van der Waals surface area contributed by atoms with Crippen LogP contribution in [0.1, 0.15) is 0 Å². The smallest absolute Gasteiger partial charge is 0.136 e. The topological polar surface area (TPSA) is 26.3 Å². The normalized spacial score (nSPS) is 11.9. The molecule has 8 aromatic carbocycles. The molecule has 0 aliphatic heterocycles. The van der Waals surface area contributed by atoms with E-state index in [0.717, 1.165) is 55.0 Å². The largest absolute Gasteiger partial charge is 0.456 e. The van der Waals surface area contributed by atoms with Gasteiger partial charge >= 0.3 is 0 Å². The van der Waals surface area contributed by atoms with E-state index in [1.165, 1.54) is 53.6 Å². The molecule has 0 spiro atoms. The van der Waals surface area contributed by atoms with Crippen LogP contribution in [0.15, 0.2) is 179 Å². The van der Waals surface area contributed by atoms with Crippen LogP contribution in [0, 0.1) is 0 Å². The Hall–Kier alpha value is -6.42. The van der Waals surface area contributed by atoms with Crippen molar-refractivity contribution < 1.29 is 8.83 Å². The summed E-state index contributed by atoms with van der Waals surface area (Å²) in [6, 6.07) is 60.8. The third-order valence-electron chi connectivity index (χ3n) is 10.3. The molecule has 238 valence electrons. The van der Waals surface area contributed by atoms with Crippen LogP contribution in [0.4, 0.5) is 0 Å². The number of hydrogen-bond acceptors (Lipinski definition) is 3. The zero-order valence-corrected chi connectivity index (χ0v) is 28.2. The van der Waals surface area contributed by atoms with Gasteiger partial charge in [0.25, 0.3) is 0 Å². The van der Waals surface area contributed by atoms with E-state index in [1.54, 1.807) is 0 Å². The molecular formula is C48H28O2S. The highest BCUT2D eigenvalue weighted by atomic mass is 32.1. The second kappa shape index (κ2) is 11.0. The summed E-state index contributed by atoms with van der Waals surface area (Å²) in [7, 11) is 0. The molecule has 0 bridgehead atoms. The van der Waals surface area contributed by atoms with Crippen molar-refractivity contribution in [3.8, 4) is 44.5 Å². The van der Waals surface area contributed by atoms with Crippen LogP contribution < -0.4 is 0 Å². The number of thiophene rings is 1. The Morgan fingerprint density at radius 3 is 1.33 bits per heavy atom. The zero-order chi connectivity index (χ0) is 33.5. The van der Waals surface area contributed by atoms with Crippen molar-refractivity contribution in [3.63, 3.8) is 0 Å². The Labute approximate surface area is 297 Å². The highest BCUT2D eigenvalue weighted by molar-refractivity contribution is 7.26. The second-order valence-electron chi connectivity index (χ2n) is 13.2. The molecule has 2 nitrogen and oxygen atoms in total. The molecule has 3 heterocycles. The molecule has 0 unspecified atom stereocenters. The lowest BCUT2D eigenvalue weighted by atomic mass is 9.96. The van der Waals surface area contributed by atoms with Gasteiger partial charge in [0.2, 0.25) is 0 Å². The Balaban J connectivity index is 0.969. The molecule has 0 atom stereocenters. The summed E-state index contributed by atoms with van der Waals surface area (Å²) in [6.45, 7) is 0. The van der Waals surface area contributed by atoms with Crippen LogP contribution in [0.3, 0.4) is 0 Å². The average Bonchev–Trinajstić information content (AvgIpc) is 3.88. The predicted octanol–water partition coefficient (Wildman–Crippen LogP) is 14.5. The minimum absolute atomic E-state index is 0.915.